The molecule has 1 aliphatic rings. The highest BCUT2D eigenvalue weighted by Gasteiger charge is 2.33. The number of likely N-dealkylation sites (tertiary alicyclic amines) is 1. The second-order valence-corrected chi connectivity index (χ2v) is 8.36. The zero-order valence-electron chi connectivity index (χ0n) is 14.4. The summed E-state index contributed by atoms with van der Waals surface area (Å²) in [4.78, 5) is 3.16. The molecule has 2 aromatic rings. The molecule has 0 spiro atoms. The van der Waals surface area contributed by atoms with E-state index in [9.17, 15) is 14.8 Å². The Morgan fingerprint density at radius 3 is 2.24 bits per heavy atom. The summed E-state index contributed by atoms with van der Waals surface area (Å²) in [6, 6.07) is 16.4. The topological polar surface area (TPSA) is 66.8 Å². The van der Waals surface area contributed by atoms with Gasteiger partial charge in [0.15, 0.2) is 4.90 Å². The molecular formula is C20H25NO3S. The quantitative estimate of drug-likeness (QED) is 0.805. The number of aromatic hydroxyl groups is 1. The Morgan fingerprint density at radius 1 is 1.04 bits per heavy atom. The van der Waals surface area contributed by atoms with Crippen LogP contribution in [0.4, 0.5) is 0 Å². The molecule has 134 valence electrons. The van der Waals surface area contributed by atoms with Gasteiger partial charge in [0.1, 0.15) is 11.0 Å². The first-order chi connectivity index (χ1) is 12.1. The third-order valence-electron chi connectivity index (χ3n) is 5.02. The van der Waals surface area contributed by atoms with Gasteiger partial charge in [0, 0.05) is 32.0 Å². The van der Waals surface area contributed by atoms with Crippen molar-refractivity contribution in [3.8, 4) is 5.75 Å². The van der Waals surface area contributed by atoms with Gasteiger partial charge in [0.25, 0.3) is 0 Å². The Morgan fingerprint density at radius 2 is 1.64 bits per heavy atom. The Labute approximate surface area is 152 Å². The lowest BCUT2D eigenvalue weighted by molar-refractivity contribution is 0.0476. The average molecular weight is 359 g/mol. The van der Waals surface area contributed by atoms with Gasteiger partial charge in [0.05, 0.1) is 6.10 Å². The molecule has 0 bridgehead atoms. The Bertz CT molecular complexity index is 656. The number of rotatable bonds is 5. The smallest absolute Gasteiger partial charge is 0.152 e. The van der Waals surface area contributed by atoms with Crippen molar-refractivity contribution in [2.45, 2.75) is 42.1 Å². The second-order valence-electron chi connectivity index (χ2n) is 6.62. The maximum atomic E-state index is 12.7. The average Bonchev–Trinajstić information content (AvgIpc) is 2.67. The van der Waals surface area contributed by atoms with Crippen LogP contribution in [-0.4, -0.2) is 44.0 Å². The number of hydrogen-bond donors (Lipinski definition) is 2. The highest BCUT2D eigenvalue weighted by Crippen LogP contribution is 2.29. The van der Waals surface area contributed by atoms with Gasteiger partial charge >= 0.3 is 0 Å². The molecule has 5 heteroatoms. The van der Waals surface area contributed by atoms with Crippen molar-refractivity contribution in [1.82, 2.24) is 4.90 Å². The summed E-state index contributed by atoms with van der Waals surface area (Å²) in [5.74, 6) is 0.202. The van der Waals surface area contributed by atoms with E-state index in [4.69, 9.17) is 0 Å². The van der Waals surface area contributed by atoms with E-state index in [1.165, 1.54) is 0 Å². The fraction of sp³-hybridized carbons (Fsp3) is 0.400. The molecule has 1 unspecified atom stereocenters. The van der Waals surface area contributed by atoms with Gasteiger partial charge in [-0.25, -0.2) is 0 Å². The molecule has 0 radical (unpaired) electrons. The van der Waals surface area contributed by atoms with Crippen molar-refractivity contribution < 1.29 is 14.8 Å². The minimum Gasteiger partial charge on any atom is -0.611 e. The molecule has 1 heterocycles. The van der Waals surface area contributed by atoms with Crippen molar-refractivity contribution >= 4 is 11.2 Å². The summed E-state index contributed by atoms with van der Waals surface area (Å²) in [5, 5.41) is 20.2. The minimum atomic E-state index is -0.964. The first kappa shape index (κ1) is 18.3. The number of hydrogen-bond acceptors (Lipinski definition) is 4. The molecule has 4 nitrogen and oxygen atoms in total. The lowest BCUT2D eigenvalue weighted by atomic mass is 9.99. The first-order valence-electron chi connectivity index (χ1n) is 8.73. The predicted molar refractivity (Wildman–Crippen MR) is 100.0 cm³/mol. The third-order valence-corrected chi connectivity index (χ3v) is 6.84. The van der Waals surface area contributed by atoms with E-state index in [0.29, 0.717) is 0 Å². The molecule has 0 aliphatic carbocycles. The van der Waals surface area contributed by atoms with Crippen LogP contribution in [0.15, 0.2) is 59.5 Å². The van der Waals surface area contributed by atoms with Crippen LogP contribution in [0.25, 0.3) is 0 Å². The fourth-order valence-corrected chi connectivity index (χ4v) is 4.84. The largest absolute Gasteiger partial charge is 0.611 e. The summed E-state index contributed by atoms with van der Waals surface area (Å²) in [6.07, 6.45) is 1.14. The molecule has 3 atom stereocenters. The SMILES string of the molecule is C[C@@H]([C@@H](O)c1ccc(O)cc1)N1CCC([S+]([O-])c2ccccc2)CC1. The van der Waals surface area contributed by atoms with Crippen LogP contribution in [0.1, 0.15) is 31.4 Å². The van der Waals surface area contributed by atoms with Gasteiger partial charge in [-0.3, -0.25) is 4.90 Å². The highest BCUT2D eigenvalue weighted by molar-refractivity contribution is 7.92. The van der Waals surface area contributed by atoms with E-state index < -0.39 is 17.3 Å². The van der Waals surface area contributed by atoms with Gasteiger partial charge in [-0.2, -0.15) is 0 Å². The molecule has 0 aromatic heterocycles. The van der Waals surface area contributed by atoms with Crippen LogP contribution in [-0.2, 0) is 11.2 Å². The van der Waals surface area contributed by atoms with Crippen LogP contribution in [0, 0.1) is 0 Å². The van der Waals surface area contributed by atoms with Gasteiger partial charge in [0.2, 0.25) is 0 Å². The summed E-state index contributed by atoms with van der Waals surface area (Å²) in [6.45, 7) is 3.69. The molecule has 25 heavy (non-hydrogen) atoms. The fourth-order valence-electron chi connectivity index (χ4n) is 3.39. The Kier molecular flexibility index (Phi) is 6.02. The number of phenolic OH excluding ortho intramolecular Hbond substituents is 1. The van der Waals surface area contributed by atoms with Crippen molar-refractivity contribution in [2.75, 3.05) is 13.1 Å². The molecule has 0 saturated carbocycles. The van der Waals surface area contributed by atoms with Gasteiger partial charge in [-0.1, -0.05) is 30.3 Å². The molecule has 2 N–H and O–H groups in total. The predicted octanol–water partition coefficient (Wildman–Crippen LogP) is 3.09. The van der Waals surface area contributed by atoms with Gasteiger partial charge in [-0.05, 0) is 47.9 Å². The van der Waals surface area contributed by atoms with E-state index in [1.54, 1.807) is 24.3 Å². The van der Waals surface area contributed by atoms with Crippen LogP contribution in [0.2, 0.25) is 0 Å². The summed E-state index contributed by atoms with van der Waals surface area (Å²) < 4.78 is 12.7. The zero-order valence-corrected chi connectivity index (χ0v) is 15.2. The molecule has 3 rings (SSSR count). The van der Waals surface area contributed by atoms with Crippen LogP contribution >= 0.6 is 0 Å². The number of piperidine rings is 1. The van der Waals surface area contributed by atoms with Gasteiger partial charge < -0.3 is 14.8 Å². The van der Waals surface area contributed by atoms with E-state index in [-0.39, 0.29) is 17.0 Å². The highest BCUT2D eigenvalue weighted by atomic mass is 32.2. The summed E-state index contributed by atoms with van der Waals surface area (Å²) in [5.41, 5.74) is 0.806. The maximum Gasteiger partial charge on any atom is 0.152 e. The van der Waals surface area contributed by atoms with E-state index in [0.717, 1.165) is 36.4 Å². The van der Waals surface area contributed by atoms with E-state index >= 15 is 0 Å². The number of benzene rings is 2. The molecule has 1 aliphatic heterocycles. The molecule has 2 aromatic carbocycles. The Balaban J connectivity index is 1.57. The van der Waals surface area contributed by atoms with E-state index in [2.05, 4.69) is 4.90 Å². The van der Waals surface area contributed by atoms with Gasteiger partial charge in [-0.15, -0.1) is 0 Å². The zero-order chi connectivity index (χ0) is 17.8. The third kappa shape index (κ3) is 4.36. The Hall–Kier alpha value is -1.53. The van der Waals surface area contributed by atoms with Crippen LogP contribution < -0.4 is 0 Å². The van der Waals surface area contributed by atoms with Crippen LogP contribution in [0.5, 0.6) is 5.75 Å². The standard InChI is InChI=1S/C20H25NO3S/c1-15(20(23)16-7-9-17(22)10-8-16)21-13-11-19(12-14-21)25(24)18-5-3-2-4-6-18/h2-10,15,19-20,22-23H,11-14H2,1H3/t15-,20+,25?/m0/s1. The lowest BCUT2D eigenvalue weighted by Gasteiger charge is -2.38. The van der Waals surface area contributed by atoms with Crippen molar-refractivity contribution in [1.29, 1.82) is 0 Å². The molecule has 0 amide bonds. The first-order valence-corrected chi connectivity index (χ1v) is 9.94. The molecule has 1 fully saturated rings. The van der Waals surface area contributed by atoms with Crippen molar-refractivity contribution in [2.24, 2.45) is 0 Å². The summed E-state index contributed by atoms with van der Waals surface area (Å²) in [7, 11) is 0. The molecular weight excluding hydrogens is 334 g/mol. The van der Waals surface area contributed by atoms with Crippen molar-refractivity contribution in [3.05, 3.63) is 60.2 Å². The monoisotopic (exact) mass is 359 g/mol. The summed E-state index contributed by atoms with van der Waals surface area (Å²) >= 11 is -0.964. The number of aliphatic hydroxyl groups is 1. The minimum absolute atomic E-state index is 0.0179. The van der Waals surface area contributed by atoms with Crippen LogP contribution in [0.3, 0.4) is 0 Å². The van der Waals surface area contributed by atoms with E-state index in [1.807, 2.05) is 37.3 Å². The number of nitrogens with zero attached hydrogens (tertiary/aromatic N) is 1. The van der Waals surface area contributed by atoms with Crippen molar-refractivity contribution in [3.63, 3.8) is 0 Å². The second kappa shape index (κ2) is 8.23. The maximum absolute atomic E-state index is 12.7. The molecule has 1 saturated heterocycles. The number of aliphatic hydroxyl groups excluding tert-OH is 1. The normalized spacial score (nSPS) is 20.1. The number of phenols is 1. The lowest BCUT2D eigenvalue weighted by Crippen LogP contribution is -2.45.